The summed E-state index contributed by atoms with van der Waals surface area (Å²) in [4.78, 5) is 0. The van der Waals surface area contributed by atoms with Crippen molar-refractivity contribution in [3.63, 3.8) is 0 Å². The van der Waals surface area contributed by atoms with Crippen LogP contribution in [0.1, 0.15) is 32.1 Å². The predicted octanol–water partition coefficient (Wildman–Crippen LogP) is 1.29. The molecule has 0 radical (unpaired) electrons. The van der Waals surface area contributed by atoms with Gasteiger partial charge in [0, 0.05) is 12.6 Å². The summed E-state index contributed by atoms with van der Waals surface area (Å²) in [5.74, 6) is 0.776. The van der Waals surface area contributed by atoms with E-state index in [-0.39, 0.29) is 0 Å². The summed E-state index contributed by atoms with van der Waals surface area (Å²) in [7, 11) is 0. The van der Waals surface area contributed by atoms with Crippen LogP contribution in [0.25, 0.3) is 0 Å². The zero-order valence-corrected chi connectivity index (χ0v) is 6.96. The minimum Gasteiger partial charge on any atom is -0.377 e. The van der Waals surface area contributed by atoms with Gasteiger partial charge in [-0.1, -0.05) is 6.42 Å². The van der Waals surface area contributed by atoms with Crippen LogP contribution in [0.3, 0.4) is 0 Å². The smallest absolute Gasteiger partial charge is 0.0729 e. The van der Waals surface area contributed by atoms with Gasteiger partial charge in [-0.25, -0.2) is 0 Å². The molecule has 2 heteroatoms. The maximum Gasteiger partial charge on any atom is 0.0729 e. The van der Waals surface area contributed by atoms with Gasteiger partial charge < -0.3 is 10.5 Å². The second kappa shape index (κ2) is 3.11. The molecule has 1 heterocycles. The van der Waals surface area contributed by atoms with E-state index in [0.717, 1.165) is 12.5 Å². The van der Waals surface area contributed by atoms with E-state index in [1.807, 2.05) is 0 Å². The molecule has 1 saturated carbocycles. The first-order valence-electron chi connectivity index (χ1n) is 4.75. The Balaban J connectivity index is 1.82. The number of nitrogens with two attached hydrogens (primary N) is 1. The molecule has 2 fully saturated rings. The lowest BCUT2D eigenvalue weighted by Crippen LogP contribution is -2.43. The fraction of sp³-hybridized carbons (Fsp3) is 1.00. The third-order valence-electron chi connectivity index (χ3n) is 3.09. The zero-order valence-electron chi connectivity index (χ0n) is 6.96. The summed E-state index contributed by atoms with van der Waals surface area (Å²) in [6.07, 6.45) is 6.84. The molecular weight excluding hydrogens is 138 g/mol. The molecule has 2 unspecified atom stereocenters. The third kappa shape index (κ3) is 1.42. The van der Waals surface area contributed by atoms with Gasteiger partial charge in [-0.05, 0) is 31.6 Å². The molecule has 64 valence electrons. The Morgan fingerprint density at radius 2 is 2.00 bits per heavy atom. The molecule has 2 atom stereocenters. The van der Waals surface area contributed by atoms with E-state index in [4.69, 9.17) is 10.5 Å². The summed E-state index contributed by atoms with van der Waals surface area (Å²) in [5, 5.41) is 0. The van der Waals surface area contributed by atoms with E-state index < -0.39 is 0 Å². The molecule has 2 N–H and O–H groups in total. The monoisotopic (exact) mass is 155 g/mol. The lowest BCUT2D eigenvalue weighted by atomic mass is 9.78. The molecule has 11 heavy (non-hydrogen) atoms. The topological polar surface area (TPSA) is 35.2 Å². The molecule has 2 aliphatic rings. The lowest BCUT2D eigenvalue weighted by molar-refractivity contribution is 0.0553. The second-order valence-electron chi connectivity index (χ2n) is 3.82. The molecular formula is C9H17NO. The Morgan fingerprint density at radius 1 is 1.18 bits per heavy atom. The molecule has 0 aromatic carbocycles. The van der Waals surface area contributed by atoms with Crippen LogP contribution in [-0.4, -0.2) is 18.8 Å². The van der Waals surface area contributed by atoms with Gasteiger partial charge in [0.1, 0.15) is 0 Å². The van der Waals surface area contributed by atoms with E-state index in [2.05, 4.69) is 0 Å². The van der Waals surface area contributed by atoms with Gasteiger partial charge in [0.2, 0.25) is 0 Å². The molecule has 1 aliphatic carbocycles. The fourth-order valence-electron chi connectivity index (χ4n) is 2.03. The first-order chi connectivity index (χ1) is 5.38. The van der Waals surface area contributed by atoms with E-state index in [0.29, 0.717) is 12.1 Å². The second-order valence-corrected chi connectivity index (χ2v) is 3.82. The summed E-state index contributed by atoms with van der Waals surface area (Å²) >= 11 is 0. The van der Waals surface area contributed by atoms with Crippen LogP contribution < -0.4 is 5.73 Å². The Kier molecular flexibility index (Phi) is 2.14. The SMILES string of the molecule is NC(C1CCC1)C1CCCO1. The molecule has 0 amide bonds. The highest BCUT2D eigenvalue weighted by Crippen LogP contribution is 2.32. The molecule has 0 spiro atoms. The summed E-state index contributed by atoms with van der Waals surface area (Å²) in [6.45, 7) is 0.936. The summed E-state index contributed by atoms with van der Waals surface area (Å²) in [5.41, 5.74) is 6.06. The maximum atomic E-state index is 6.06. The quantitative estimate of drug-likeness (QED) is 0.652. The fourth-order valence-corrected chi connectivity index (χ4v) is 2.03. The third-order valence-corrected chi connectivity index (χ3v) is 3.09. The van der Waals surface area contributed by atoms with Crippen molar-refractivity contribution in [3.05, 3.63) is 0 Å². The van der Waals surface area contributed by atoms with Crippen LogP contribution in [0.4, 0.5) is 0 Å². The van der Waals surface area contributed by atoms with Gasteiger partial charge >= 0.3 is 0 Å². The first-order valence-corrected chi connectivity index (χ1v) is 4.75. The highest BCUT2D eigenvalue weighted by Gasteiger charge is 2.32. The molecule has 2 rings (SSSR count). The average molecular weight is 155 g/mol. The van der Waals surface area contributed by atoms with Crippen LogP contribution in [0.15, 0.2) is 0 Å². The van der Waals surface area contributed by atoms with Crippen molar-refractivity contribution in [2.75, 3.05) is 6.61 Å². The van der Waals surface area contributed by atoms with E-state index >= 15 is 0 Å². The zero-order chi connectivity index (χ0) is 7.68. The van der Waals surface area contributed by atoms with Gasteiger partial charge in [-0.3, -0.25) is 0 Å². The van der Waals surface area contributed by atoms with Gasteiger partial charge in [-0.2, -0.15) is 0 Å². The van der Waals surface area contributed by atoms with Crippen molar-refractivity contribution in [1.29, 1.82) is 0 Å². The Morgan fingerprint density at radius 3 is 2.45 bits per heavy atom. The number of hydrogen-bond acceptors (Lipinski definition) is 2. The van der Waals surface area contributed by atoms with E-state index in [9.17, 15) is 0 Å². The van der Waals surface area contributed by atoms with Gasteiger partial charge in [0.15, 0.2) is 0 Å². The molecule has 2 nitrogen and oxygen atoms in total. The van der Waals surface area contributed by atoms with Crippen LogP contribution in [0, 0.1) is 5.92 Å². The summed E-state index contributed by atoms with van der Waals surface area (Å²) in [6, 6.07) is 0.339. The van der Waals surface area contributed by atoms with Crippen molar-refractivity contribution in [2.24, 2.45) is 11.7 Å². The maximum absolute atomic E-state index is 6.06. The van der Waals surface area contributed by atoms with Crippen LogP contribution in [-0.2, 0) is 4.74 Å². The van der Waals surface area contributed by atoms with Crippen molar-refractivity contribution in [2.45, 2.75) is 44.2 Å². The standard InChI is InChI=1S/C9H17NO/c10-9(7-3-1-4-7)8-5-2-6-11-8/h7-9H,1-6,10H2. The Hall–Kier alpha value is -0.0800. The molecule has 0 aromatic heterocycles. The van der Waals surface area contributed by atoms with Crippen molar-refractivity contribution in [3.8, 4) is 0 Å². The number of hydrogen-bond donors (Lipinski definition) is 1. The molecule has 0 aromatic rings. The summed E-state index contributed by atoms with van der Waals surface area (Å²) < 4.78 is 5.55. The Bertz CT molecular complexity index is 128. The average Bonchev–Trinajstić information content (AvgIpc) is 2.32. The van der Waals surface area contributed by atoms with Crippen LogP contribution in [0.2, 0.25) is 0 Å². The lowest BCUT2D eigenvalue weighted by Gasteiger charge is -2.34. The molecule has 0 bridgehead atoms. The van der Waals surface area contributed by atoms with Gasteiger partial charge in [0.25, 0.3) is 0 Å². The normalized spacial score (nSPS) is 35.2. The van der Waals surface area contributed by atoms with Crippen LogP contribution in [0.5, 0.6) is 0 Å². The van der Waals surface area contributed by atoms with Crippen molar-refractivity contribution < 1.29 is 4.74 Å². The minimum atomic E-state index is 0.339. The van der Waals surface area contributed by atoms with Gasteiger partial charge in [0.05, 0.1) is 6.10 Å². The van der Waals surface area contributed by atoms with E-state index in [1.165, 1.54) is 32.1 Å². The van der Waals surface area contributed by atoms with E-state index in [1.54, 1.807) is 0 Å². The highest BCUT2D eigenvalue weighted by atomic mass is 16.5. The van der Waals surface area contributed by atoms with Crippen LogP contribution >= 0.6 is 0 Å². The van der Waals surface area contributed by atoms with Crippen molar-refractivity contribution >= 4 is 0 Å². The number of ether oxygens (including phenoxy) is 1. The minimum absolute atomic E-state index is 0.339. The van der Waals surface area contributed by atoms with Crippen molar-refractivity contribution in [1.82, 2.24) is 0 Å². The first kappa shape index (κ1) is 7.56. The molecule has 1 saturated heterocycles. The predicted molar refractivity (Wildman–Crippen MR) is 44.3 cm³/mol. The molecule has 1 aliphatic heterocycles. The largest absolute Gasteiger partial charge is 0.377 e. The number of rotatable bonds is 2. The highest BCUT2D eigenvalue weighted by molar-refractivity contribution is 4.87. The Labute approximate surface area is 68.1 Å². The van der Waals surface area contributed by atoms with Gasteiger partial charge in [-0.15, -0.1) is 0 Å².